The Morgan fingerprint density at radius 2 is 2.17 bits per heavy atom. The van der Waals surface area contributed by atoms with Gasteiger partial charge < -0.3 is 9.26 Å². The van der Waals surface area contributed by atoms with Crippen LogP contribution < -0.4 is 4.74 Å². The third kappa shape index (κ3) is 3.24. The van der Waals surface area contributed by atoms with Crippen LogP contribution in [0, 0.1) is 0 Å². The largest absolute Gasteiger partial charge is 0.497 e. The lowest BCUT2D eigenvalue weighted by molar-refractivity contribution is 0.412. The average Bonchev–Trinajstić information content (AvgIpc) is 2.75. The van der Waals surface area contributed by atoms with E-state index in [0.29, 0.717) is 11.5 Å². The van der Waals surface area contributed by atoms with Gasteiger partial charge in [-0.1, -0.05) is 17.3 Å². The fourth-order valence-electron chi connectivity index (χ4n) is 1.47. The molecule has 0 aliphatic heterocycles. The van der Waals surface area contributed by atoms with Crippen LogP contribution in [0.4, 0.5) is 0 Å². The molecule has 1 heterocycles. The topological polar surface area (TPSA) is 69.4 Å². The lowest BCUT2D eigenvalue weighted by atomic mass is 10.1. The SMILES string of the molecule is COc1cccc(-c2cc(CS(=O)(=O)Cl)no2)c1. The molecule has 0 atom stereocenters. The van der Waals surface area contributed by atoms with Crippen molar-refractivity contribution in [3.63, 3.8) is 0 Å². The second-order valence-electron chi connectivity index (χ2n) is 3.60. The minimum Gasteiger partial charge on any atom is -0.497 e. The lowest BCUT2D eigenvalue weighted by Crippen LogP contribution is -1.94. The molecular formula is C11H10ClNO4S. The molecule has 0 fully saturated rings. The van der Waals surface area contributed by atoms with E-state index in [1.807, 2.05) is 6.07 Å². The molecule has 0 aliphatic rings. The Bertz CT molecular complexity index is 651. The second kappa shape index (κ2) is 4.99. The quantitative estimate of drug-likeness (QED) is 0.808. The zero-order chi connectivity index (χ0) is 13.2. The van der Waals surface area contributed by atoms with Gasteiger partial charge in [0.1, 0.15) is 17.2 Å². The molecule has 0 bridgehead atoms. The van der Waals surface area contributed by atoms with E-state index in [-0.39, 0.29) is 11.4 Å². The minimum absolute atomic E-state index is 0.266. The van der Waals surface area contributed by atoms with Crippen molar-refractivity contribution in [3.05, 3.63) is 36.0 Å². The molecule has 7 heteroatoms. The standard InChI is InChI=1S/C11H10ClNO4S/c1-16-10-4-2-3-8(5-10)11-6-9(13-17-11)7-18(12,14)15/h2-6H,7H2,1H3. The second-order valence-corrected chi connectivity index (χ2v) is 6.37. The minimum atomic E-state index is -3.63. The number of nitrogens with zero attached hydrogens (tertiary/aromatic N) is 1. The van der Waals surface area contributed by atoms with E-state index in [1.165, 1.54) is 6.07 Å². The molecule has 2 aromatic rings. The van der Waals surface area contributed by atoms with Crippen molar-refractivity contribution >= 4 is 19.7 Å². The van der Waals surface area contributed by atoms with Crippen molar-refractivity contribution in [2.24, 2.45) is 0 Å². The molecule has 5 nitrogen and oxygen atoms in total. The summed E-state index contributed by atoms with van der Waals surface area (Å²) in [6, 6.07) is 8.70. The third-order valence-corrected chi connectivity index (χ3v) is 3.20. The highest BCUT2D eigenvalue weighted by Crippen LogP contribution is 2.25. The fraction of sp³-hybridized carbons (Fsp3) is 0.182. The monoisotopic (exact) mass is 287 g/mol. The average molecular weight is 288 g/mol. The highest BCUT2D eigenvalue weighted by Gasteiger charge is 2.13. The molecule has 0 unspecified atom stereocenters. The van der Waals surface area contributed by atoms with Crippen molar-refractivity contribution in [1.82, 2.24) is 5.16 Å². The lowest BCUT2D eigenvalue weighted by Gasteiger charge is -2.00. The van der Waals surface area contributed by atoms with Gasteiger partial charge in [0, 0.05) is 22.3 Å². The predicted molar refractivity (Wildman–Crippen MR) is 67.0 cm³/mol. The number of methoxy groups -OCH3 is 1. The van der Waals surface area contributed by atoms with Crippen LogP contribution in [0.2, 0.25) is 0 Å². The van der Waals surface area contributed by atoms with E-state index in [4.69, 9.17) is 19.9 Å². The Balaban J connectivity index is 2.29. The number of aromatic nitrogens is 1. The number of ether oxygens (including phenoxy) is 1. The van der Waals surface area contributed by atoms with Crippen molar-refractivity contribution in [2.75, 3.05) is 7.11 Å². The first-order valence-electron chi connectivity index (χ1n) is 5.00. The van der Waals surface area contributed by atoms with Crippen molar-refractivity contribution < 1.29 is 17.7 Å². The van der Waals surface area contributed by atoms with Gasteiger partial charge in [-0.15, -0.1) is 0 Å². The van der Waals surface area contributed by atoms with Crippen LogP contribution >= 0.6 is 10.7 Å². The normalized spacial score (nSPS) is 11.4. The Morgan fingerprint density at radius 3 is 2.83 bits per heavy atom. The Labute approximate surface area is 109 Å². The van der Waals surface area contributed by atoms with E-state index < -0.39 is 9.05 Å². The summed E-state index contributed by atoms with van der Waals surface area (Å²) >= 11 is 0. The van der Waals surface area contributed by atoms with Crippen LogP contribution in [0.5, 0.6) is 5.75 Å². The van der Waals surface area contributed by atoms with Gasteiger partial charge in [0.2, 0.25) is 9.05 Å². The molecular weight excluding hydrogens is 278 g/mol. The van der Waals surface area contributed by atoms with Gasteiger partial charge in [-0.2, -0.15) is 0 Å². The van der Waals surface area contributed by atoms with E-state index in [1.54, 1.807) is 25.3 Å². The van der Waals surface area contributed by atoms with Gasteiger partial charge in [-0.05, 0) is 12.1 Å². The number of halogens is 1. The van der Waals surface area contributed by atoms with Crippen molar-refractivity contribution in [2.45, 2.75) is 5.75 Å². The van der Waals surface area contributed by atoms with E-state index in [0.717, 1.165) is 5.56 Å². The summed E-state index contributed by atoms with van der Waals surface area (Å²) in [6.45, 7) is 0. The summed E-state index contributed by atoms with van der Waals surface area (Å²) in [5.74, 6) is 0.779. The van der Waals surface area contributed by atoms with Crippen LogP contribution in [-0.4, -0.2) is 20.7 Å². The van der Waals surface area contributed by atoms with Crippen molar-refractivity contribution in [1.29, 1.82) is 0 Å². The first-order chi connectivity index (χ1) is 8.48. The first kappa shape index (κ1) is 12.9. The highest BCUT2D eigenvalue weighted by atomic mass is 35.7. The molecule has 0 amide bonds. The van der Waals surface area contributed by atoms with Gasteiger partial charge in [0.25, 0.3) is 0 Å². The summed E-state index contributed by atoms with van der Waals surface area (Å²) in [7, 11) is 3.07. The van der Waals surface area contributed by atoms with Gasteiger partial charge in [0.05, 0.1) is 7.11 Å². The van der Waals surface area contributed by atoms with E-state index >= 15 is 0 Å². The number of rotatable bonds is 4. The molecule has 0 N–H and O–H groups in total. The van der Waals surface area contributed by atoms with Crippen LogP contribution in [0.3, 0.4) is 0 Å². The van der Waals surface area contributed by atoms with E-state index in [9.17, 15) is 8.42 Å². The molecule has 0 saturated heterocycles. The third-order valence-electron chi connectivity index (χ3n) is 2.23. The molecule has 18 heavy (non-hydrogen) atoms. The summed E-state index contributed by atoms with van der Waals surface area (Å²) in [4.78, 5) is 0. The first-order valence-corrected chi connectivity index (χ1v) is 7.48. The zero-order valence-corrected chi connectivity index (χ0v) is 11.0. The van der Waals surface area contributed by atoms with E-state index in [2.05, 4.69) is 5.16 Å². The van der Waals surface area contributed by atoms with Crippen LogP contribution in [-0.2, 0) is 14.8 Å². The predicted octanol–water partition coefficient (Wildman–Crippen LogP) is 2.42. The molecule has 0 radical (unpaired) electrons. The molecule has 0 saturated carbocycles. The summed E-state index contributed by atoms with van der Waals surface area (Å²) in [5.41, 5.74) is 1.02. The molecule has 1 aromatic carbocycles. The van der Waals surface area contributed by atoms with Crippen LogP contribution in [0.1, 0.15) is 5.69 Å². The number of benzene rings is 1. The Morgan fingerprint density at radius 1 is 1.39 bits per heavy atom. The zero-order valence-electron chi connectivity index (χ0n) is 9.46. The molecule has 2 rings (SSSR count). The molecule has 1 aromatic heterocycles. The number of hydrogen-bond donors (Lipinski definition) is 0. The molecule has 0 spiro atoms. The summed E-state index contributed by atoms with van der Waals surface area (Å²) < 4.78 is 32.0. The van der Waals surface area contributed by atoms with Gasteiger partial charge in [-0.3, -0.25) is 0 Å². The molecule has 0 aliphatic carbocycles. The number of hydrogen-bond acceptors (Lipinski definition) is 5. The van der Waals surface area contributed by atoms with Crippen LogP contribution in [0.15, 0.2) is 34.9 Å². The van der Waals surface area contributed by atoms with Crippen molar-refractivity contribution in [3.8, 4) is 17.1 Å². The maximum absolute atomic E-state index is 10.9. The van der Waals surface area contributed by atoms with Crippen LogP contribution in [0.25, 0.3) is 11.3 Å². The van der Waals surface area contributed by atoms with Gasteiger partial charge in [0.15, 0.2) is 5.76 Å². The molecule has 96 valence electrons. The Hall–Kier alpha value is -1.53. The smallest absolute Gasteiger partial charge is 0.238 e. The maximum Gasteiger partial charge on any atom is 0.238 e. The highest BCUT2D eigenvalue weighted by molar-refractivity contribution is 8.13. The summed E-state index contributed by atoms with van der Waals surface area (Å²) in [6.07, 6.45) is 0. The van der Waals surface area contributed by atoms with Gasteiger partial charge >= 0.3 is 0 Å². The fourth-order valence-corrected chi connectivity index (χ4v) is 2.29. The Kier molecular flexibility index (Phi) is 3.58. The maximum atomic E-state index is 10.9. The summed E-state index contributed by atoms with van der Waals surface area (Å²) in [5, 5.41) is 3.65. The van der Waals surface area contributed by atoms with Gasteiger partial charge in [-0.25, -0.2) is 8.42 Å².